The number of hydrogen-bond acceptors (Lipinski definition) is 1. The van der Waals surface area contributed by atoms with Gasteiger partial charge >= 0.3 is 18.5 Å². The van der Waals surface area contributed by atoms with E-state index >= 15 is 4.79 Å². The van der Waals surface area contributed by atoms with Crippen LogP contribution >= 0.6 is 0 Å². The molecule has 6 aromatic carbocycles. The van der Waals surface area contributed by atoms with Gasteiger partial charge in [-0.2, -0.15) is 39.5 Å². The number of amides is 1. The quantitative estimate of drug-likeness (QED) is 0.164. The number of benzene rings is 6. The van der Waals surface area contributed by atoms with Gasteiger partial charge in [0.1, 0.15) is 5.41 Å². The summed E-state index contributed by atoms with van der Waals surface area (Å²) in [4.78, 5) is 16.6. The number of nitrogens with zero attached hydrogens (tertiary/aromatic N) is 1. The van der Waals surface area contributed by atoms with E-state index in [0.29, 0.717) is 50.1 Å². The second kappa shape index (κ2) is 12.3. The minimum atomic E-state index is -4.54. The second-order valence-electron chi connectivity index (χ2n) is 14.0. The monoisotopic (exact) mass is 757 g/mol. The molecule has 0 spiro atoms. The molecule has 0 radical (unpaired) electrons. The Hall–Kier alpha value is -5.84. The highest BCUT2D eigenvalue weighted by Crippen LogP contribution is 2.61. The van der Waals surface area contributed by atoms with Crippen molar-refractivity contribution in [3.8, 4) is 33.4 Å². The fourth-order valence-electron chi connectivity index (χ4n) is 8.11. The minimum absolute atomic E-state index is 0.367. The zero-order chi connectivity index (χ0) is 39.2. The number of likely N-dealkylation sites (N-methyl/N-ethyl adjacent to an activating group) is 1. The van der Waals surface area contributed by atoms with Gasteiger partial charge in [0, 0.05) is 20.0 Å². The number of alkyl halides is 9. The molecule has 0 unspecified atom stereocenters. The van der Waals surface area contributed by atoms with Crippen LogP contribution in [-0.2, 0) is 28.7 Å². The van der Waals surface area contributed by atoms with Gasteiger partial charge in [-0.25, -0.2) is 0 Å². The van der Waals surface area contributed by atoms with Crippen molar-refractivity contribution in [2.45, 2.75) is 29.9 Å². The summed E-state index contributed by atoms with van der Waals surface area (Å²) in [5, 5.41) is 0. The summed E-state index contributed by atoms with van der Waals surface area (Å²) in [7, 11) is 3.19. The maximum Gasteiger partial charge on any atom is 0.416 e. The molecule has 278 valence electrons. The predicted molar refractivity (Wildman–Crippen MR) is 190 cm³/mol. The average molecular weight is 758 g/mol. The van der Waals surface area contributed by atoms with Crippen molar-refractivity contribution in [3.63, 3.8) is 0 Å². The largest absolute Gasteiger partial charge is 0.416 e. The van der Waals surface area contributed by atoms with Crippen LogP contribution in [0.5, 0.6) is 0 Å². The van der Waals surface area contributed by atoms with E-state index in [1.54, 1.807) is 50.5 Å². The third kappa shape index (κ3) is 5.79. The lowest BCUT2D eigenvalue weighted by Crippen LogP contribution is -2.52. The summed E-state index contributed by atoms with van der Waals surface area (Å²) in [6, 6.07) is 30.4. The molecule has 0 heterocycles. The summed E-state index contributed by atoms with van der Waals surface area (Å²) in [6.45, 7) is 0. The molecule has 55 heavy (non-hydrogen) atoms. The molecular weight excluding hydrogens is 729 g/mol. The van der Waals surface area contributed by atoms with Gasteiger partial charge in [-0.3, -0.25) is 4.79 Å². The van der Waals surface area contributed by atoms with Crippen LogP contribution in [-0.4, -0.2) is 24.9 Å². The van der Waals surface area contributed by atoms with Gasteiger partial charge < -0.3 is 4.90 Å². The zero-order valence-electron chi connectivity index (χ0n) is 29.0. The zero-order valence-corrected chi connectivity index (χ0v) is 29.0. The van der Waals surface area contributed by atoms with Crippen molar-refractivity contribution >= 4 is 5.91 Å². The molecule has 2 bridgehead atoms. The van der Waals surface area contributed by atoms with E-state index in [0.717, 1.165) is 53.1 Å². The van der Waals surface area contributed by atoms with Gasteiger partial charge in [0.15, 0.2) is 0 Å². The Balaban J connectivity index is 1.38. The van der Waals surface area contributed by atoms with Crippen LogP contribution in [0.25, 0.3) is 33.4 Å². The van der Waals surface area contributed by atoms with Crippen molar-refractivity contribution < 1.29 is 44.3 Å². The molecule has 3 aliphatic carbocycles. The average Bonchev–Trinajstić information content (AvgIpc) is 3.16. The van der Waals surface area contributed by atoms with Crippen LogP contribution < -0.4 is 0 Å². The molecule has 11 heteroatoms. The topological polar surface area (TPSA) is 20.3 Å². The number of hydrogen-bond donors (Lipinski definition) is 0. The molecule has 2 nitrogen and oxygen atoms in total. The van der Waals surface area contributed by atoms with Gasteiger partial charge in [0.05, 0.1) is 16.7 Å². The molecule has 0 saturated heterocycles. The summed E-state index contributed by atoms with van der Waals surface area (Å²) < 4.78 is 121. The lowest BCUT2D eigenvalue weighted by molar-refractivity contribution is -0.138. The molecular formula is C44H28F9NO. The Bertz CT molecular complexity index is 2210. The van der Waals surface area contributed by atoms with Crippen molar-refractivity contribution in [3.05, 3.63) is 177 Å². The van der Waals surface area contributed by atoms with E-state index in [2.05, 4.69) is 0 Å². The summed E-state index contributed by atoms with van der Waals surface area (Å²) in [5.74, 6) is -0.796. The number of rotatable bonds is 4. The normalized spacial score (nSPS) is 17.3. The van der Waals surface area contributed by atoms with Gasteiger partial charge in [0.25, 0.3) is 0 Å². The molecule has 9 rings (SSSR count). The Kier molecular flexibility index (Phi) is 8.11. The number of carbonyl (C=O) groups is 1. The highest BCUT2D eigenvalue weighted by Gasteiger charge is 2.57. The van der Waals surface area contributed by atoms with Crippen molar-refractivity contribution in [1.82, 2.24) is 4.90 Å². The maximum atomic E-state index is 15.1. The molecule has 1 amide bonds. The van der Waals surface area contributed by atoms with Gasteiger partial charge in [0.2, 0.25) is 5.91 Å². The van der Waals surface area contributed by atoms with E-state index in [4.69, 9.17) is 0 Å². The Labute approximate surface area is 309 Å². The van der Waals surface area contributed by atoms with Crippen molar-refractivity contribution in [2.24, 2.45) is 0 Å². The molecule has 0 N–H and O–H groups in total. The van der Waals surface area contributed by atoms with E-state index in [1.807, 2.05) is 18.2 Å². The predicted octanol–water partition coefficient (Wildman–Crippen LogP) is 12.0. The summed E-state index contributed by atoms with van der Waals surface area (Å²) in [6.07, 6.45) is -13.6. The van der Waals surface area contributed by atoms with E-state index in [1.165, 1.54) is 41.3 Å². The minimum Gasteiger partial charge on any atom is -0.347 e. The molecule has 0 atom stereocenters. The number of carbonyl (C=O) groups excluding carboxylic acids is 1. The van der Waals surface area contributed by atoms with Crippen LogP contribution in [0.2, 0.25) is 0 Å². The van der Waals surface area contributed by atoms with Crippen molar-refractivity contribution in [1.29, 1.82) is 0 Å². The first-order valence-electron chi connectivity index (χ1n) is 17.1. The third-order valence-corrected chi connectivity index (χ3v) is 10.7. The van der Waals surface area contributed by atoms with Crippen LogP contribution in [0.1, 0.15) is 56.0 Å². The van der Waals surface area contributed by atoms with Crippen LogP contribution in [0.15, 0.2) is 127 Å². The van der Waals surface area contributed by atoms with E-state index in [-0.39, 0.29) is 5.91 Å². The Morgan fingerprint density at radius 3 is 0.927 bits per heavy atom. The molecule has 0 fully saturated rings. The summed E-state index contributed by atoms with van der Waals surface area (Å²) in [5.41, 5.74) is 3.11. The van der Waals surface area contributed by atoms with Crippen molar-refractivity contribution in [2.75, 3.05) is 14.1 Å². The third-order valence-electron chi connectivity index (χ3n) is 10.7. The van der Waals surface area contributed by atoms with E-state index in [9.17, 15) is 39.5 Å². The molecule has 3 aliphatic rings. The Morgan fingerprint density at radius 2 is 0.691 bits per heavy atom. The smallest absolute Gasteiger partial charge is 0.347 e. The van der Waals surface area contributed by atoms with Gasteiger partial charge in [-0.05, 0) is 121 Å². The van der Waals surface area contributed by atoms with Crippen LogP contribution in [0.3, 0.4) is 0 Å². The van der Waals surface area contributed by atoms with Gasteiger partial charge in [-0.1, -0.05) is 72.8 Å². The fourth-order valence-corrected chi connectivity index (χ4v) is 8.11. The Morgan fingerprint density at radius 1 is 0.436 bits per heavy atom. The summed E-state index contributed by atoms with van der Waals surface area (Å²) >= 11 is 0. The van der Waals surface area contributed by atoms with Gasteiger partial charge in [-0.15, -0.1) is 0 Å². The highest BCUT2D eigenvalue weighted by atomic mass is 19.4. The first-order valence-corrected chi connectivity index (χ1v) is 17.1. The first kappa shape index (κ1) is 36.2. The molecule has 0 aromatic heterocycles. The standard InChI is InChI=1S/C44H28F9NO/c1-54(2)40(55)41-36-21-27(24-3-12-30(13-4-24)42(45,46)47)9-18-33(36)39(34-19-10-28(22-37(34)41)25-5-14-31(15-6-25)43(48,49)50)35-20-11-29(23-38(35)41)26-7-16-32(17-8-26)44(51,52)53/h3-23,39H,1-2H3. The lowest BCUT2D eigenvalue weighted by atomic mass is 9.52. The highest BCUT2D eigenvalue weighted by molar-refractivity contribution is 6.01. The van der Waals surface area contributed by atoms with Crippen LogP contribution in [0.4, 0.5) is 39.5 Å². The SMILES string of the molecule is CN(C)C(=O)C12c3cc(-c4ccc(C(F)(F)F)cc4)ccc3C(c3ccc(-c4ccc(C(F)(F)F)cc4)cc31)c1ccc(-c3ccc(C(F)(F)F)cc3)cc12. The van der Waals surface area contributed by atoms with E-state index < -0.39 is 46.6 Å². The maximum absolute atomic E-state index is 15.1. The number of halogens is 9. The lowest BCUT2D eigenvalue weighted by Gasteiger charge is -2.50. The molecule has 0 saturated carbocycles. The van der Waals surface area contributed by atoms with Crippen LogP contribution in [0, 0.1) is 0 Å². The fraction of sp³-hybridized carbons (Fsp3) is 0.159. The molecule has 0 aliphatic heterocycles. The molecule has 6 aromatic rings. The first-order chi connectivity index (χ1) is 25.9. The second-order valence-corrected chi connectivity index (χ2v) is 14.0.